The molecule has 4 nitrogen and oxygen atoms in total. The van der Waals surface area contributed by atoms with Crippen LogP contribution in [-0.2, 0) is 0 Å². The monoisotopic (exact) mass is 400 g/mol. The van der Waals surface area contributed by atoms with Crippen LogP contribution in [0.3, 0.4) is 0 Å². The van der Waals surface area contributed by atoms with Gasteiger partial charge in [-0.15, -0.1) is 0 Å². The maximum absolute atomic E-state index is 12.1. The van der Waals surface area contributed by atoms with Crippen molar-refractivity contribution in [3.63, 3.8) is 0 Å². The first-order valence-electron chi connectivity index (χ1n) is 8.10. The molecule has 0 aliphatic carbocycles. The van der Waals surface area contributed by atoms with E-state index in [9.17, 15) is 4.79 Å². The van der Waals surface area contributed by atoms with E-state index in [0.29, 0.717) is 17.3 Å². The van der Waals surface area contributed by atoms with Gasteiger partial charge < -0.3 is 10.1 Å². The summed E-state index contributed by atoms with van der Waals surface area (Å²) in [5.41, 5.74) is 0.538. The third kappa shape index (κ3) is 7.79. The van der Waals surface area contributed by atoms with Crippen LogP contribution in [0.25, 0.3) is 0 Å². The van der Waals surface area contributed by atoms with E-state index in [-0.39, 0.29) is 5.91 Å². The number of halogens is 1. The fraction of sp³-hybridized carbons (Fsp3) is 0.529. The first-order valence-corrected chi connectivity index (χ1v) is 9.30. The van der Waals surface area contributed by atoms with Crippen LogP contribution in [0.15, 0.2) is 22.7 Å². The lowest BCUT2D eigenvalue weighted by Gasteiger charge is -2.11. The highest BCUT2D eigenvalue weighted by atomic mass is 79.9. The maximum Gasteiger partial charge on any atom is 0.257 e. The normalized spacial score (nSPS) is 10.2. The zero-order valence-electron chi connectivity index (χ0n) is 13.8. The SMILES string of the molecule is CCCCCCOc1ccc(C(=O)NC(=S)NCCC)cc1Br. The predicted molar refractivity (Wildman–Crippen MR) is 102 cm³/mol. The zero-order valence-corrected chi connectivity index (χ0v) is 16.2. The minimum Gasteiger partial charge on any atom is -0.492 e. The molecule has 0 saturated heterocycles. The molecule has 6 heteroatoms. The van der Waals surface area contributed by atoms with E-state index in [4.69, 9.17) is 17.0 Å². The topological polar surface area (TPSA) is 50.4 Å². The Balaban J connectivity index is 2.51. The summed E-state index contributed by atoms with van der Waals surface area (Å²) in [5.74, 6) is 0.526. The van der Waals surface area contributed by atoms with Gasteiger partial charge in [-0.25, -0.2) is 0 Å². The average Bonchev–Trinajstić information content (AvgIpc) is 2.53. The summed E-state index contributed by atoms with van der Waals surface area (Å²) >= 11 is 8.52. The second-order valence-corrected chi connectivity index (χ2v) is 6.53. The van der Waals surface area contributed by atoms with Gasteiger partial charge in [0.1, 0.15) is 5.75 Å². The molecule has 0 fully saturated rings. The first kappa shape index (κ1) is 19.9. The maximum atomic E-state index is 12.1. The number of nitrogens with one attached hydrogen (secondary N) is 2. The minimum absolute atomic E-state index is 0.228. The van der Waals surface area contributed by atoms with Gasteiger partial charge in [0.2, 0.25) is 0 Å². The summed E-state index contributed by atoms with van der Waals surface area (Å²) in [5, 5.41) is 5.98. The van der Waals surface area contributed by atoms with Crippen LogP contribution in [0.2, 0.25) is 0 Å². The van der Waals surface area contributed by atoms with Crippen molar-refractivity contribution in [1.29, 1.82) is 0 Å². The highest BCUT2D eigenvalue weighted by Crippen LogP contribution is 2.26. The summed E-state index contributed by atoms with van der Waals surface area (Å²) in [6, 6.07) is 5.30. The molecule has 1 rings (SSSR count). The standard InChI is InChI=1S/C17H25BrN2O2S/c1-3-5-6-7-11-22-15-9-8-13(12-14(15)18)16(21)20-17(23)19-10-4-2/h8-9,12H,3-7,10-11H2,1-2H3,(H2,19,20,21,23). The van der Waals surface area contributed by atoms with E-state index in [1.54, 1.807) is 18.2 Å². The largest absolute Gasteiger partial charge is 0.492 e. The van der Waals surface area contributed by atoms with E-state index in [1.165, 1.54) is 19.3 Å². The highest BCUT2D eigenvalue weighted by molar-refractivity contribution is 9.10. The van der Waals surface area contributed by atoms with Gasteiger partial charge in [0.05, 0.1) is 11.1 Å². The molecular formula is C17H25BrN2O2S. The third-order valence-electron chi connectivity index (χ3n) is 3.21. The lowest BCUT2D eigenvalue weighted by Crippen LogP contribution is -2.39. The number of hydrogen-bond donors (Lipinski definition) is 2. The molecule has 0 aromatic heterocycles. The van der Waals surface area contributed by atoms with Crippen LogP contribution in [0.1, 0.15) is 56.3 Å². The van der Waals surface area contributed by atoms with Gasteiger partial charge in [0.25, 0.3) is 5.91 Å². The Kier molecular flexibility index (Phi) is 9.87. The van der Waals surface area contributed by atoms with Crippen molar-refractivity contribution in [2.24, 2.45) is 0 Å². The predicted octanol–water partition coefficient (Wildman–Crippen LogP) is 4.42. The fourth-order valence-corrected chi connectivity index (χ4v) is 2.62. The smallest absolute Gasteiger partial charge is 0.257 e. The molecule has 1 aromatic rings. The summed E-state index contributed by atoms with van der Waals surface area (Å²) in [4.78, 5) is 12.1. The fourth-order valence-electron chi connectivity index (χ4n) is 1.93. The van der Waals surface area contributed by atoms with Crippen LogP contribution in [-0.4, -0.2) is 24.2 Å². The van der Waals surface area contributed by atoms with Gasteiger partial charge in [-0.3, -0.25) is 10.1 Å². The molecule has 1 aromatic carbocycles. The minimum atomic E-state index is -0.228. The van der Waals surface area contributed by atoms with Gasteiger partial charge >= 0.3 is 0 Å². The summed E-state index contributed by atoms with van der Waals surface area (Å²) in [6.07, 6.45) is 5.61. The lowest BCUT2D eigenvalue weighted by atomic mass is 10.2. The average molecular weight is 401 g/mol. The summed E-state index contributed by atoms with van der Waals surface area (Å²) in [7, 11) is 0. The molecule has 0 radical (unpaired) electrons. The second kappa shape index (κ2) is 11.4. The Morgan fingerprint density at radius 2 is 2.00 bits per heavy atom. The van der Waals surface area contributed by atoms with Gasteiger partial charge in [0.15, 0.2) is 5.11 Å². The summed E-state index contributed by atoms with van der Waals surface area (Å²) in [6.45, 7) is 5.66. The first-order chi connectivity index (χ1) is 11.1. The van der Waals surface area contributed by atoms with Crippen molar-refractivity contribution >= 4 is 39.2 Å². The molecule has 0 heterocycles. The molecule has 0 atom stereocenters. The van der Waals surface area contributed by atoms with Crippen LogP contribution in [0.5, 0.6) is 5.75 Å². The number of unbranched alkanes of at least 4 members (excludes halogenated alkanes) is 3. The van der Waals surface area contributed by atoms with Crippen LogP contribution in [0.4, 0.5) is 0 Å². The number of hydrogen-bond acceptors (Lipinski definition) is 3. The molecule has 2 N–H and O–H groups in total. The number of ether oxygens (including phenoxy) is 1. The molecule has 0 saturated carbocycles. The molecule has 0 spiro atoms. The Morgan fingerprint density at radius 3 is 2.65 bits per heavy atom. The second-order valence-electron chi connectivity index (χ2n) is 5.26. The van der Waals surface area contributed by atoms with Crippen molar-refractivity contribution in [3.05, 3.63) is 28.2 Å². The summed E-state index contributed by atoms with van der Waals surface area (Å²) < 4.78 is 6.51. The molecule has 0 bridgehead atoms. The number of carbonyl (C=O) groups excluding carboxylic acids is 1. The molecule has 23 heavy (non-hydrogen) atoms. The molecular weight excluding hydrogens is 376 g/mol. The highest BCUT2D eigenvalue weighted by Gasteiger charge is 2.10. The van der Waals surface area contributed by atoms with E-state index >= 15 is 0 Å². The van der Waals surface area contributed by atoms with Crippen LogP contribution >= 0.6 is 28.1 Å². The zero-order chi connectivity index (χ0) is 17.1. The molecule has 0 unspecified atom stereocenters. The van der Waals surface area contributed by atoms with Gasteiger partial charge in [-0.05, 0) is 59.2 Å². The Labute approximate surface area is 152 Å². The number of amides is 1. The van der Waals surface area contributed by atoms with Crippen molar-refractivity contribution in [1.82, 2.24) is 10.6 Å². The van der Waals surface area contributed by atoms with Gasteiger partial charge in [-0.1, -0.05) is 33.1 Å². The van der Waals surface area contributed by atoms with E-state index in [0.717, 1.165) is 29.6 Å². The Bertz CT molecular complexity index is 523. The van der Waals surface area contributed by atoms with Gasteiger partial charge in [0, 0.05) is 12.1 Å². The van der Waals surface area contributed by atoms with Gasteiger partial charge in [-0.2, -0.15) is 0 Å². The van der Waals surface area contributed by atoms with Crippen LogP contribution < -0.4 is 15.4 Å². The number of rotatable bonds is 9. The Hall–Kier alpha value is -1.14. The number of thiocarbonyl (C=S) groups is 1. The molecule has 0 aliphatic heterocycles. The number of carbonyl (C=O) groups is 1. The Morgan fingerprint density at radius 1 is 1.22 bits per heavy atom. The molecule has 1 amide bonds. The van der Waals surface area contributed by atoms with E-state index in [1.807, 2.05) is 6.92 Å². The molecule has 0 aliphatic rings. The quantitative estimate of drug-likeness (QED) is 0.475. The number of benzene rings is 1. The van der Waals surface area contributed by atoms with Crippen molar-refractivity contribution < 1.29 is 9.53 Å². The van der Waals surface area contributed by atoms with E-state index in [2.05, 4.69) is 33.5 Å². The van der Waals surface area contributed by atoms with Crippen molar-refractivity contribution in [2.45, 2.75) is 46.0 Å². The lowest BCUT2D eigenvalue weighted by molar-refractivity contribution is 0.0976. The van der Waals surface area contributed by atoms with Crippen molar-refractivity contribution in [3.8, 4) is 5.75 Å². The third-order valence-corrected chi connectivity index (χ3v) is 4.08. The molecule has 128 valence electrons. The van der Waals surface area contributed by atoms with E-state index < -0.39 is 0 Å². The van der Waals surface area contributed by atoms with Crippen LogP contribution in [0, 0.1) is 0 Å². The van der Waals surface area contributed by atoms with Crippen molar-refractivity contribution in [2.75, 3.05) is 13.2 Å².